The van der Waals surface area contributed by atoms with Gasteiger partial charge >= 0.3 is 0 Å². The van der Waals surface area contributed by atoms with Crippen LogP contribution in [0.4, 0.5) is 0 Å². The molecule has 0 bridgehead atoms. The fourth-order valence-electron chi connectivity index (χ4n) is 2.24. The van der Waals surface area contributed by atoms with E-state index in [4.69, 9.17) is 9.47 Å². The summed E-state index contributed by atoms with van der Waals surface area (Å²) in [5, 5.41) is 5.66. The van der Waals surface area contributed by atoms with E-state index in [9.17, 15) is 0 Å². The van der Waals surface area contributed by atoms with Gasteiger partial charge in [0.15, 0.2) is 0 Å². The highest BCUT2D eigenvalue weighted by Crippen LogP contribution is 2.27. The minimum Gasteiger partial charge on any atom is -0.497 e. The van der Waals surface area contributed by atoms with Gasteiger partial charge in [-0.15, -0.1) is 11.3 Å². The number of thiophene rings is 1. The third kappa shape index (κ3) is 4.22. The average Bonchev–Trinajstić information content (AvgIpc) is 3.01. The largest absolute Gasteiger partial charge is 0.497 e. The van der Waals surface area contributed by atoms with E-state index in [-0.39, 0.29) is 5.41 Å². The second-order valence-corrected chi connectivity index (χ2v) is 6.63. The molecule has 0 aliphatic rings. The van der Waals surface area contributed by atoms with E-state index in [1.54, 1.807) is 14.2 Å². The topological polar surface area (TPSA) is 30.5 Å². The molecule has 1 heterocycles. The summed E-state index contributed by atoms with van der Waals surface area (Å²) in [6, 6.07) is 10.3. The van der Waals surface area contributed by atoms with Crippen LogP contribution in [-0.2, 0) is 12.0 Å². The van der Waals surface area contributed by atoms with Gasteiger partial charge in [-0.05, 0) is 29.1 Å². The molecule has 2 aromatic rings. The van der Waals surface area contributed by atoms with E-state index in [0.29, 0.717) is 0 Å². The van der Waals surface area contributed by atoms with Crippen LogP contribution in [0.5, 0.6) is 11.5 Å². The van der Waals surface area contributed by atoms with Crippen molar-refractivity contribution >= 4 is 11.3 Å². The van der Waals surface area contributed by atoms with Crippen LogP contribution in [0.2, 0.25) is 0 Å². The van der Waals surface area contributed by atoms with Crippen molar-refractivity contribution in [2.45, 2.75) is 25.8 Å². The van der Waals surface area contributed by atoms with Crippen LogP contribution in [0.25, 0.3) is 0 Å². The molecule has 4 heteroatoms. The molecule has 0 unspecified atom stereocenters. The summed E-state index contributed by atoms with van der Waals surface area (Å²) in [5.74, 6) is 1.65. The van der Waals surface area contributed by atoms with Gasteiger partial charge in [0.05, 0.1) is 14.2 Å². The van der Waals surface area contributed by atoms with Crippen molar-refractivity contribution in [3.63, 3.8) is 0 Å². The zero-order chi connectivity index (χ0) is 15.3. The average molecular weight is 305 g/mol. The standard InChI is InChI=1S/C17H23NO2S/c1-17(2,16-6-5-7-21-16)12-18-11-13-8-14(19-3)10-15(9-13)20-4/h5-10,18H,11-12H2,1-4H3. The number of ether oxygens (including phenoxy) is 2. The molecule has 0 aliphatic heterocycles. The van der Waals surface area contributed by atoms with Crippen molar-refractivity contribution in [2.75, 3.05) is 20.8 Å². The van der Waals surface area contributed by atoms with Crippen LogP contribution < -0.4 is 14.8 Å². The maximum atomic E-state index is 5.30. The van der Waals surface area contributed by atoms with Crippen molar-refractivity contribution in [1.29, 1.82) is 0 Å². The number of methoxy groups -OCH3 is 2. The molecule has 0 amide bonds. The van der Waals surface area contributed by atoms with Gasteiger partial charge in [-0.3, -0.25) is 0 Å². The molecule has 1 aromatic heterocycles. The van der Waals surface area contributed by atoms with Gasteiger partial charge in [-0.25, -0.2) is 0 Å². The predicted molar refractivity (Wildman–Crippen MR) is 88.6 cm³/mol. The first kappa shape index (κ1) is 15.9. The zero-order valence-corrected chi connectivity index (χ0v) is 13.9. The van der Waals surface area contributed by atoms with Gasteiger partial charge < -0.3 is 14.8 Å². The molecule has 0 saturated carbocycles. The maximum Gasteiger partial charge on any atom is 0.122 e. The summed E-state index contributed by atoms with van der Waals surface area (Å²) in [5.41, 5.74) is 1.30. The molecule has 21 heavy (non-hydrogen) atoms. The lowest BCUT2D eigenvalue weighted by atomic mass is 9.91. The molecule has 0 atom stereocenters. The van der Waals surface area contributed by atoms with Crippen LogP contribution in [0.3, 0.4) is 0 Å². The number of nitrogens with one attached hydrogen (secondary N) is 1. The Balaban J connectivity index is 1.97. The van der Waals surface area contributed by atoms with Crippen molar-refractivity contribution in [1.82, 2.24) is 5.32 Å². The van der Waals surface area contributed by atoms with E-state index >= 15 is 0 Å². The first-order valence-electron chi connectivity index (χ1n) is 7.02. The minimum absolute atomic E-state index is 0.136. The Kier molecular flexibility index (Phi) is 5.26. The molecule has 114 valence electrons. The van der Waals surface area contributed by atoms with Gasteiger partial charge in [0.2, 0.25) is 0 Å². The summed E-state index contributed by atoms with van der Waals surface area (Å²) >= 11 is 1.81. The Morgan fingerprint density at radius 2 is 1.76 bits per heavy atom. The first-order chi connectivity index (χ1) is 10.0. The smallest absolute Gasteiger partial charge is 0.122 e. The van der Waals surface area contributed by atoms with E-state index in [0.717, 1.165) is 30.2 Å². The van der Waals surface area contributed by atoms with E-state index in [2.05, 4.69) is 36.7 Å². The second-order valence-electron chi connectivity index (χ2n) is 5.69. The second kappa shape index (κ2) is 6.96. The van der Waals surface area contributed by atoms with Crippen LogP contribution >= 0.6 is 11.3 Å². The Bertz CT molecular complexity index is 542. The fraction of sp³-hybridized carbons (Fsp3) is 0.412. The highest BCUT2D eigenvalue weighted by atomic mass is 32.1. The normalized spacial score (nSPS) is 11.4. The molecule has 1 aromatic carbocycles. The first-order valence-corrected chi connectivity index (χ1v) is 7.90. The van der Waals surface area contributed by atoms with Crippen LogP contribution in [0.1, 0.15) is 24.3 Å². The van der Waals surface area contributed by atoms with Gasteiger partial charge in [0, 0.05) is 29.4 Å². The fourth-order valence-corrected chi connectivity index (χ4v) is 3.09. The van der Waals surface area contributed by atoms with Gasteiger partial charge in [0.1, 0.15) is 11.5 Å². The molecule has 0 aliphatic carbocycles. The summed E-state index contributed by atoms with van der Waals surface area (Å²) in [4.78, 5) is 1.40. The van der Waals surface area contributed by atoms with E-state index in [1.165, 1.54) is 4.88 Å². The Labute approximate surface area is 130 Å². The Morgan fingerprint density at radius 1 is 1.10 bits per heavy atom. The minimum atomic E-state index is 0.136. The van der Waals surface area contributed by atoms with Gasteiger partial charge in [-0.2, -0.15) is 0 Å². The summed E-state index contributed by atoms with van der Waals surface area (Å²) in [6.45, 7) is 6.24. The summed E-state index contributed by atoms with van der Waals surface area (Å²) in [6.07, 6.45) is 0. The number of benzene rings is 1. The highest BCUT2D eigenvalue weighted by Gasteiger charge is 2.20. The lowest BCUT2D eigenvalue weighted by Crippen LogP contribution is -2.31. The Morgan fingerprint density at radius 3 is 2.29 bits per heavy atom. The molecular weight excluding hydrogens is 282 g/mol. The molecular formula is C17H23NO2S. The lowest BCUT2D eigenvalue weighted by molar-refractivity contribution is 0.392. The van der Waals surface area contributed by atoms with Crippen molar-refractivity contribution < 1.29 is 9.47 Å². The molecule has 0 spiro atoms. The van der Waals surface area contributed by atoms with Crippen molar-refractivity contribution in [2.24, 2.45) is 0 Å². The molecule has 0 radical (unpaired) electrons. The molecule has 3 nitrogen and oxygen atoms in total. The van der Waals surface area contributed by atoms with Crippen LogP contribution in [-0.4, -0.2) is 20.8 Å². The number of hydrogen-bond donors (Lipinski definition) is 1. The highest BCUT2D eigenvalue weighted by molar-refractivity contribution is 7.10. The zero-order valence-electron chi connectivity index (χ0n) is 13.1. The van der Waals surface area contributed by atoms with Gasteiger partial charge in [0.25, 0.3) is 0 Å². The van der Waals surface area contributed by atoms with Gasteiger partial charge in [-0.1, -0.05) is 19.9 Å². The summed E-state index contributed by atoms with van der Waals surface area (Å²) in [7, 11) is 3.35. The molecule has 2 rings (SSSR count). The molecule has 0 saturated heterocycles. The van der Waals surface area contributed by atoms with Crippen LogP contribution in [0, 0.1) is 0 Å². The molecule has 1 N–H and O–H groups in total. The number of rotatable bonds is 7. The maximum absolute atomic E-state index is 5.30. The van der Waals surface area contributed by atoms with Crippen LogP contribution in [0.15, 0.2) is 35.7 Å². The predicted octanol–water partition coefficient (Wildman–Crippen LogP) is 3.83. The quantitative estimate of drug-likeness (QED) is 0.843. The SMILES string of the molecule is COc1cc(CNCC(C)(C)c2cccs2)cc(OC)c1. The van der Waals surface area contributed by atoms with E-state index in [1.807, 2.05) is 29.5 Å². The van der Waals surface area contributed by atoms with E-state index < -0.39 is 0 Å². The summed E-state index contributed by atoms with van der Waals surface area (Å²) < 4.78 is 10.6. The van der Waals surface area contributed by atoms with Crippen molar-refractivity contribution in [3.8, 4) is 11.5 Å². The Hall–Kier alpha value is -1.52. The number of hydrogen-bond acceptors (Lipinski definition) is 4. The lowest BCUT2D eigenvalue weighted by Gasteiger charge is -2.24. The molecule has 0 fully saturated rings. The third-order valence-corrected chi connectivity index (χ3v) is 4.73. The van der Waals surface area contributed by atoms with Crippen molar-refractivity contribution in [3.05, 3.63) is 46.2 Å². The monoisotopic (exact) mass is 305 g/mol. The third-order valence-electron chi connectivity index (χ3n) is 3.50.